The van der Waals surface area contributed by atoms with E-state index in [9.17, 15) is 14.9 Å². The van der Waals surface area contributed by atoms with Gasteiger partial charge in [0.2, 0.25) is 0 Å². The molecule has 6 nitrogen and oxygen atoms in total. The van der Waals surface area contributed by atoms with Crippen LogP contribution in [0.15, 0.2) is 59.8 Å². The molecule has 6 heteroatoms. The fraction of sp³-hybridized carbons (Fsp3) is 0.211. The molecule has 0 aromatic heterocycles. The molecule has 4 rings (SSSR count). The van der Waals surface area contributed by atoms with Crippen molar-refractivity contribution < 1.29 is 9.72 Å². The number of rotatable bonds is 2. The first kappa shape index (κ1) is 15.4. The highest BCUT2D eigenvalue weighted by Crippen LogP contribution is 2.40. The Morgan fingerprint density at radius 2 is 1.84 bits per heavy atom. The molecule has 2 aromatic rings. The third-order valence-corrected chi connectivity index (χ3v) is 4.67. The number of fused-ring (bicyclic) bond motifs is 1. The van der Waals surface area contributed by atoms with Crippen LogP contribution in [-0.2, 0) is 4.79 Å². The van der Waals surface area contributed by atoms with Crippen molar-refractivity contribution in [1.82, 2.24) is 0 Å². The van der Waals surface area contributed by atoms with E-state index in [1.165, 1.54) is 12.1 Å². The van der Waals surface area contributed by atoms with Crippen molar-refractivity contribution in [2.75, 3.05) is 10.6 Å². The zero-order valence-corrected chi connectivity index (χ0v) is 13.5. The topological polar surface area (TPSA) is 84.3 Å². The van der Waals surface area contributed by atoms with Gasteiger partial charge in [-0.05, 0) is 30.5 Å². The Balaban J connectivity index is 1.87. The minimum atomic E-state index is -0.412. The van der Waals surface area contributed by atoms with E-state index in [0.29, 0.717) is 12.0 Å². The Morgan fingerprint density at radius 1 is 1.04 bits per heavy atom. The van der Waals surface area contributed by atoms with Crippen LogP contribution in [0.3, 0.4) is 0 Å². The van der Waals surface area contributed by atoms with Crippen molar-refractivity contribution in [2.45, 2.75) is 25.3 Å². The predicted octanol–water partition coefficient (Wildman–Crippen LogP) is 4.18. The SMILES string of the molecule is O=C1CCCC2=C1[C@@H](c1cccc([N+](=O)[O-])c1)Nc1ccccc1N2. The van der Waals surface area contributed by atoms with Gasteiger partial charge in [-0.3, -0.25) is 14.9 Å². The Labute approximate surface area is 144 Å². The molecule has 0 spiro atoms. The highest BCUT2D eigenvalue weighted by molar-refractivity contribution is 6.00. The first-order chi connectivity index (χ1) is 12.1. The summed E-state index contributed by atoms with van der Waals surface area (Å²) < 4.78 is 0. The second kappa shape index (κ2) is 6.05. The zero-order chi connectivity index (χ0) is 17.4. The summed E-state index contributed by atoms with van der Waals surface area (Å²) in [6.07, 6.45) is 2.11. The van der Waals surface area contributed by atoms with Crippen LogP contribution in [0.2, 0.25) is 0 Å². The van der Waals surface area contributed by atoms with Crippen molar-refractivity contribution in [2.24, 2.45) is 0 Å². The number of Topliss-reactive ketones (excluding diaryl/α,β-unsaturated/α-hetero) is 1. The number of nitro groups is 1. The van der Waals surface area contributed by atoms with Crippen molar-refractivity contribution in [1.29, 1.82) is 0 Å². The molecule has 25 heavy (non-hydrogen) atoms. The molecular weight excluding hydrogens is 318 g/mol. The molecule has 126 valence electrons. The number of nitro benzene ring substituents is 1. The number of benzene rings is 2. The van der Waals surface area contributed by atoms with E-state index in [1.807, 2.05) is 30.3 Å². The monoisotopic (exact) mass is 335 g/mol. The molecule has 1 aliphatic carbocycles. The van der Waals surface area contributed by atoms with Crippen LogP contribution in [-0.4, -0.2) is 10.7 Å². The fourth-order valence-electron chi connectivity index (χ4n) is 3.50. The van der Waals surface area contributed by atoms with E-state index < -0.39 is 11.0 Å². The molecule has 2 aromatic carbocycles. The quantitative estimate of drug-likeness (QED) is 0.635. The van der Waals surface area contributed by atoms with Crippen LogP contribution >= 0.6 is 0 Å². The van der Waals surface area contributed by atoms with Gasteiger partial charge in [-0.25, -0.2) is 0 Å². The molecule has 0 radical (unpaired) electrons. The number of ketones is 1. The maximum atomic E-state index is 12.7. The van der Waals surface area contributed by atoms with Crippen LogP contribution < -0.4 is 10.6 Å². The molecular formula is C19H17N3O3. The molecule has 2 aliphatic rings. The number of carbonyl (C=O) groups is 1. The van der Waals surface area contributed by atoms with Gasteiger partial charge in [0.05, 0.1) is 22.3 Å². The standard InChI is InChI=1S/C19H17N3O3/c23-17-10-4-9-16-18(17)19(12-5-3-6-13(11-12)22(24)25)21-15-8-2-1-7-14(15)20-16/h1-3,5-8,11,19-21H,4,9-10H2/t19-/m1/s1. The Morgan fingerprint density at radius 3 is 2.64 bits per heavy atom. The van der Waals surface area contributed by atoms with E-state index >= 15 is 0 Å². The predicted molar refractivity (Wildman–Crippen MR) is 95.4 cm³/mol. The lowest BCUT2D eigenvalue weighted by Gasteiger charge is -2.25. The van der Waals surface area contributed by atoms with Crippen LogP contribution in [0.4, 0.5) is 17.1 Å². The van der Waals surface area contributed by atoms with Gasteiger partial charge in [-0.1, -0.05) is 24.3 Å². The second-order valence-corrected chi connectivity index (χ2v) is 6.27. The van der Waals surface area contributed by atoms with Gasteiger partial charge >= 0.3 is 0 Å². The highest BCUT2D eigenvalue weighted by Gasteiger charge is 2.32. The molecule has 1 atom stereocenters. The van der Waals surface area contributed by atoms with Gasteiger partial charge in [0.1, 0.15) is 0 Å². The summed E-state index contributed by atoms with van der Waals surface area (Å²) in [4.78, 5) is 23.4. The summed E-state index contributed by atoms with van der Waals surface area (Å²) in [5.74, 6) is 0.0885. The van der Waals surface area contributed by atoms with Gasteiger partial charge in [-0.2, -0.15) is 0 Å². The first-order valence-corrected chi connectivity index (χ1v) is 8.26. The van der Waals surface area contributed by atoms with Crippen molar-refractivity contribution in [3.63, 3.8) is 0 Å². The third-order valence-electron chi connectivity index (χ3n) is 4.67. The number of anilines is 2. The smallest absolute Gasteiger partial charge is 0.269 e. The van der Waals surface area contributed by atoms with Crippen molar-refractivity contribution >= 4 is 22.8 Å². The minimum absolute atomic E-state index is 0.0233. The second-order valence-electron chi connectivity index (χ2n) is 6.27. The van der Waals surface area contributed by atoms with Gasteiger partial charge in [0.15, 0.2) is 5.78 Å². The lowest BCUT2D eigenvalue weighted by molar-refractivity contribution is -0.384. The zero-order valence-electron chi connectivity index (χ0n) is 13.5. The summed E-state index contributed by atoms with van der Waals surface area (Å²) in [5.41, 5.74) is 4.12. The normalized spacial score (nSPS) is 19.2. The number of nitrogens with zero attached hydrogens (tertiary/aromatic N) is 1. The third kappa shape index (κ3) is 2.76. The van der Waals surface area contributed by atoms with Gasteiger partial charge < -0.3 is 10.6 Å². The maximum absolute atomic E-state index is 12.7. The molecule has 0 saturated heterocycles. The Bertz CT molecular complexity index is 904. The fourth-order valence-corrected chi connectivity index (χ4v) is 3.50. The average molecular weight is 335 g/mol. The van der Waals surface area contributed by atoms with Crippen LogP contribution in [0, 0.1) is 10.1 Å². The molecule has 0 saturated carbocycles. The van der Waals surface area contributed by atoms with Crippen LogP contribution in [0.5, 0.6) is 0 Å². The van der Waals surface area contributed by atoms with Crippen molar-refractivity contribution in [3.8, 4) is 0 Å². The molecule has 0 fully saturated rings. The molecule has 1 heterocycles. The summed E-state index contributed by atoms with van der Waals surface area (Å²) in [5, 5.41) is 17.9. The Hall–Kier alpha value is -3.15. The van der Waals surface area contributed by atoms with E-state index in [2.05, 4.69) is 10.6 Å². The number of carbonyl (C=O) groups excluding carboxylic acids is 1. The number of hydrogen-bond acceptors (Lipinski definition) is 5. The largest absolute Gasteiger partial charge is 0.372 e. The average Bonchev–Trinajstić information content (AvgIpc) is 2.79. The summed E-state index contributed by atoms with van der Waals surface area (Å²) >= 11 is 0. The molecule has 1 aliphatic heterocycles. The van der Waals surface area contributed by atoms with Crippen LogP contribution in [0.25, 0.3) is 0 Å². The number of para-hydroxylation sites is 2. The van der Waals surface area contributed by atoms with Crippen LogP contribution in [0.1, 0.15) is 30.9 Å². The first-order valence-electron chi connectivity index (χ1n) is 8.26. The minimum Gasteiger partial charge on any atom is -0.372 e. The van der Waals surface area contributed by atoms with Gasteiger partial charge in [0, 0.05) is 29.8 Å². The summed E-state index contributed by atoms with van der Waals surface area (Å²) in [6, 6.07) is 13.8. The van der Waals surface area contributed by atoms with E-state index in [-0.39, 0.29) is 11.5 Å². The van der Waals surface area contributed by atoms with Gasteiger partial charge in [-0.15, -0.1) is 0 Å². The number of nitrogens with one attached hydrogen (secondary N) is 2. The Kier molecular flexibility index (Phi) is 3.72. The molecule has 0 unspecified atom stereocenters. The van der Waals surface area contributed by atoms with E-state index in [4.69, 9.17) is 0 Å². The number of hydrogen-bond donors (Lipinski definition) is 2. The lowest BCUT2D eigenvalue weighted by atomic mass is 9.86. The lowest BCUT2D eigenvalue weighted by Crippen LogP contribution is -2.23. The number of allylic oxidation sites excluding steroid dienone is 1. The summed E-state index contributed by atoms with van der Waals surface area (Å²) in [7, 11) is 0. The van der Waals surface area contributed by atoms with Gasteiger partial charge in [0.25, 0.3) is 5.69 Å². The van der Waals surface area contributed by atoms with E-state index in [1.54, 1.807) is 6.07 Å². The molecule has 0 amide bonds. The highest BCUT2D eigenvalue weighted by atomic mass is 16.6. The van der Waals surface area contributed by atoms with Crippen molar-refractivity contribution in [3.05, 3.63) is 75.5 Å². The van der Waals surface area contributed by atoms with E-state index in [0.717, 1.165) is 35.5 Å². The maximum Gasteiger partial charge on any atom is 0.269 e. The summed E-state index contributed by atoms with van der Waals surface area (Å²) in [6.45, 7) is 0. The molecule has 0 bridgehead atoms. The number of non-ortho nitro benzene ring substituents is 1. The molecule has 2 N–H and O–H groups in total.